The van der Waals surface area contributed by atoms with E-state index < -0.39 is 0 Å². The molecule has 0 spiro atoms. The number of hydrogen-bond donors (Lipinski definition) is 3. The molecule has 1 aromatic carbocycles. The van der Waals surface area contributed by atoms with Gasteiger partial charge in [0.05, 0.1) is 22.9 Å². The van der Waals surface area contributed by atoms with Gasteiger partial charge in [0.2, 0.25) is 5.96 Å². The van der Waals surface area contributed by atoms with E-state index in [2.05, 4.69) is 10.2 Å². The number of benzene rings is 1. The van der Waals surface area contributed by atoms with E-state index in [-0.39, 0.29) is 12.6 Å². The molecule has 7 heteroatoms. The van der Waals surface area contributed by atoms with Crippen molar-refractivity contribution in [3.05, 3.63) is 33.3 Å². The van der Waals surface area contributed by atoms with Crippen molar-refractivity contribution < 1.29 is 5.11 Å². The number of hydrogen-bond acceptors (Lipinski definition) is 3. The third kappa shape index (κ3) is 3.37. The predicted molar refractivity (Wildman–Crippen MR) is 65.8 cm³/mol. The molecule has 5 N–H and O–H groups in total. The van der Waals surface area contributed by atoms with Crippen LogP contribution in [0.1, 0.15) is 11.1 Å². The lowest BCUT2D eigenvalue weighted by Crippen LogP contribution is -2.21. The van der Waals surface area contributed by atoms with Crippen LogP contribution < -0.4 is 11.5 Å². The van der Waals surface area contributed by atoms with Crippen molar-refractivity contribution in [2.75, 3.05) is 0 Å². The van der Waals surface area contributed by atoms with Gasteiger partial charge in [-0.15, -0.1) is 5.10 Å². The molecular weight excluding hydrogens is 251 g/mol. The second kappa shape index (κ2) is 5.69. The number of guanidine groups is 1. The SMILES string of the molecule is NC(N)=NN=Cc1c(Cl)cc(CO)cc1Cl. The summed E-state index contributed by atoms with van der Waals surface area (Å²) in [5.74, 6) is -0.157. The minimum atomic E-state index is -0.157. The van der Waals surface area contributed by atoms with Crippen molar-refractivity contribution >= 4 is 35.4 Å². The van der Waals surface area contributed by atoms with Gasteiger partial charge >= 0.3 is 0 Å². The molecule has 0 saturated heterocycles. The zero-order valence-corrected chi connectivity index (χ0v) is 9.70. The van der Waals surface area contributed by atoms with Crippen LogP contribution in [0.3, 0.4) is 0 Å². The van der Waals surface area contributed by atoms with Crippen LogP contribution in [-0.4, -0.2) is 17.3 Å². The highest BCUT2D eigenvalue weighted by Crippen LogP contribution is 2.25. The van der Waals surface area contributed by atoms with Crippen LogP contribution in [0.5, 0.6) is 0 Å². The summed E-state index contributed by atoms with van der Waals surface area (Å²) in [5.41, 5.74) is 11.3. The Bertz CT molecular complexity index is 418. The minimum absolute atomic E-state index is 0.134. The van der Waals surface area contributed by atoms with Gasteiger partial charge in [0.15, 0.2) is 0 Å². The fourth-order valence-corrected chi connectivity index (χ4v) is 1.63. The highest BCUT2D eigenvalue weighted by Gasteiger charge is 2.05. The number of halogens is 2. The Labute approximate surface area is 102 Å². The van der Waals surface area contributed by atoms with Gasteiger partial charge in [-0.25, -0.2) is 0 Å². The standard InChI is InChI=1S/C9H10Cl2N4O/c10-7-1-5(4-16)2-8(11)6(7)3-14-15-9(12)13/h1-3,16H,4H2,(H4,12,13,15). The molecule has 0 radical (unpaired) electrons. The molecule has 0 atom stereocenters. The maximum Gasteiger partial charge on any atom is 0.211 e. The number of nitrogens with zero attached hydrogens (tertiary/aromatic N) is 2. The zero-order valence-electron chi connectivity index (χ0n) is 8.19. The molecule has 0 heterocycles. The van der Waals surface area contributed by atoms with E-state index in [4.69, 9.17) is 39.8 Å². The summed E-state index contributed by atoms with van der Waals surface area (Å²) in [6, 6.07) is 3.18. The van der Waals surface area contributed by atoms with Crippen LogP contribution in [-0.2, 0) is 6.61 Å². The molecule has 0 aliphatic carbocycles. The molecule has 1 rings (SSSR count). The Morgan fingerprint density at radius 3 is 2.31 bits per heavy atom. The fourth-order valence-electron chi connectivity index (χ4n) is 1.00. The quantitative estimate of drug-likeness (QED) is 0.431. The first-order valence-electron chi connectivity index (χ1n) is 4.25. The van der Waals surface area contributed by atoms with Crippen LogP contribution in [0.15, 0.2) is 22.3 Å². The van der Waals surface area contributed by atoms with E-state index in [0.29, 0.717) is 21.2 Å². The van der Waals surface area contributed by atoms with Gasteiger partial charge in [0.1, 0.15) is 0 Å². The Kier molecular flexibility index (Phi) is 4.54. The lowest BCUT2D eigenvalue weighted by molar-refractivity contribution is 0.282. The van der Waals surface area contributed by atoms with Crippen LogP contribution in [0.4, 0.5) is 0 Å². The van der Waals surface area contributed by atoms with E-state index >= 15 is 0 Å². The van der Waals surface area contributed by atoms with E-state index in [1.54, 1.807) is 12.1 Å². The number of rotatable bonds is 3. The van der Waals surface area contributed by atoms with E-state index in [1.807, 2.05) is 0 Å². The first-order chi connectivity index (χ1) is 7.54. The Hall–Kier alpha value is -1.30. The average molecular weight is 261 g/mol. The summed E-state index contributed by atoms with van der Waals surface area (Å²) in [6.07, 6.45) is 1.34. The molecule has 0 aromatic heterocycles. The predicted octanol–water partition coefficient (Wildman–Crippen LogP) is 1.09. The largest absolute Gasteiger partial charge is 0.392 e. The maximum absolute atomic E-state index is 8.92. The second-order valence-electron chi connectivity index (χ2n) is 2.90. The van der Waals surface area contributed by atoms with Gasteiger partial charge in [-0.2, -0.15) is 5.10 Å². The topological polar surface area (TPSA) is 97.0 Å². The molecule has 0 bridgehead atoms. The molecular formula is C9H10Cl2N4O. The monoisotopic (exact) mass is 260 g/mol. The summed E-state index contributed by atoms with van der Waals surface area (Å²) in [6.45, 7) is -0.134. The van der Waals surface area contributed by atoms with Gasteiger partial charge in [0, 0.05) is 5.56 Å². The number of nitrogens with two attached hydrogens (primary N) is 2. The summed E-state index contributed by atoms with van der Waals surface area (Å²) >= 11 is 11.9. The molecule has 0 amide bonds. The fraction of sp³-hybridized carbons (Fsp3) is 0.111. The van der Waals surface area contributed by atoms with Gasteiger partial charge in [-0.05, 0) is 17.7 Å². The van der Waals surface area contributed by atoms with Gasteiger partial charge in [-0.3, -0.25) is 0 Å². The summed E-state index contributed by atoms with van der Waals surface area (Å²) < 4.78 is 0. The van der Waals surface area contributed by atoms with Crippen molar-refractivity contribution in [3.8, 4) is 0 Å². The van der Waals surface area contributed by atoms with Crippen molar-refractivity contribution in [1.82, 2.24) is 0 Å². The van der Waals surface area contributed by atoms with Crippen LogP contribution >= 0.6 is 23.2 Å². The van der Waals surface area contributed by atoms with Crippen LogP contribution in [0.25, 0.3) is 0 Å². The third-order valence-electron chi connectivity index (χ3n) is 1.68. The van der Waals surface area contributed by atoms with E-state index in [1.165, 1.54) is 6.21 Å². The Balaban J connectivity index is 3.06. The second-order valence-corrected chi connectivity index (χ2v) is 3.72. The van der Waals surface area contributed by atoms with Crippen LogP contribution in [0.2, 0.25) is 10.0 Å². The maximum atomic E-state index is 8.92. The van der Waals surface area contributed by atoms with Crippen molar-refractivity contribution in [1.29, 1.82) is 0 Å². The highest BCUT2D eigenvalue weighted by atomic mass is 35.5. The van der Waals surface area contributed by atoms with E-state index in [9.17, 15) is 0 Å². The van der Waals surface area contributed by atoms with Crippen molar-refractivity contribution in [3.63, 3.8) is 0 Å². The molecule has 16 heavy (non-hydrogen) atoms. The molecule has 0 fully saturated rings. The average Bonchev–Trinajstić information content (AvgIpc) is 2.21. The normalized spacial score (nSPS) is 10.7. The molecule has 0 unspecified atom stereocenters. The molecule has 5 nitrogen and oxygen atoms in total. The summed E-state index contributed by atoms with van der Waals surface area (Å²) in [4.78, 5) is 0. The first-order valence-corrected chi connectivity index (χ1v) is 5.01. The first kappa shape index (κ1) is 12.8. The minimum Gasteiger partial charge on any atom is -0.392 e. The Morgan fingerprint density at radius 1 is 1.31 bits per heavy atom. The number of aliphatic hydroxyl groups is 1. The molecule has 0 aliphatic rings. The van der Waals surface area contributed by atoms with Gasteiger partial charge in [0.25, 0.3) is 0 Å². The van der Waals surface area contributed by atoms with Crippen LogP contribution in [0, 0.1) is 0 Å². The smallest absolute Gasteiger partial charge is 0.211 e. The Morgan fingerprint density at radius 2 is 1.88 bits per heavy atom. The van der Waals surface area contributed by atoms with Crippen molar-refractivity contribution in [2.45, 2.75) is 6.61 Å². The summed E-state index contributed by atoms with van der Waals surface area (Å²) in [7, 11) is 0. The van der Waals surface area contributed by atoms with Gasteiger partial charge in [-0.1, -0.05) is 23.2 Å². The van der Waals surface area contributed by atoms with Crippen molar-refractivity contribution in [2.24, 2.45) is 21.7 Å². The molecule has 86 valence electrons. The summed E-state index contributed by atoms with van der Waals surface area (Å²) in [5, 5.41) is 16.7. The van der Waals surface area contributed by atoms with Gasteiger partial charge < -0.3 is 16.6 Å². The molecule has 1 aromatic rings. The molecule has 0 aliphatic heterocycles. The van der Waals surface area contributed by atoms with E-state index in [0.717, 1.165) is 0 Å². The molecule has 0 saturated carbocycles. The third-order valence-corrected chi connectivity index (χ3v) is 2.31. The lowest BCUT2D eigenvalue weighted by atomic mass is 10.1. The lowest BCUT2D eigenvalue weighted by Gasteiger charge is -2.03. The number of aliphatic hydroxyl groups excluding tert-OH is 1. The highest BCUT2D eigenvalue weighted by molar-refractivity contribution is 6.38. The zero-order chi connectivity index (χ0) is 12.1.